The maximum Gasteiger partial charge on any atom is 0.327 e. The molecule has 3 heterocycles. The van der Waals surface area contributed by atoms with Crippen molar-refractivity contribution in [1.29, 1.82) is 0 Å². The number of hydrogen-bond donors (Lipinski definition) is 0. The highest BCUT2D eigenvalue weighted by Gasteiger charge is 2.38. The van der Waals surface area contributed by atoms with Gasteiger partial charge in [-0.2, -0.15) is 4.98 Å². The Labute approximate surface area is 158 Å². The lowest BCUT2D eigenvalue weighted by Crippen LogP contribution is -2.60. The first-order valence-corrected chi connectivity index (χ1v) is 9.27. The number of imide groups is 1. The smallest absolute Gasteiger partial charge is 0.327 e. The molecule has 27 heavy (non-hydrogen) atoms. The van der Waals surface area contributed by atoms with Gasteiger partial charge in [-0.25, -0.2) is 9.78 Å². The molecule has 2 fully saturated rings. The van der Waals surface area contributed by atoms with E-state index in [9.17, 15) is 14.4 Å². The largest absolute Gasteiger partial charge is 0.472 e. The maximum atomic E-state index is 12.8. The molecule has 146 valence electrons. The number of ether oxygens (including phenoxy) is 1. The van der Waals surface area contributed by atoms with E-state index in [1.165, 1.54) is 4.90 Å². The van der Waals surface area contributed by atoms with E-state index in [0.717, 1.165) is 23.4 Å². The van der Waals surface area contributed by atoms with Gasteiger partial charge >= 0.3 is 17.8 Å². The van der Waals surface area contributed by atoms with E-state index < -0.39 is 17.8 Å². The van der Waals surface area contributed by atoms with Gasteiger partial charge < -0.3 is 14.5 Å². The van der Waals surface area contributed by atoms with Crippen LogP contribution in [0.5, 0.6) is 5.88 Å². The average Bonchev–Trinajstić information content (AvgIpc) is 2.63. The molecule has 0 aromatic carbocycles. The van der Waals surface area contributed by atoms with Crippen LogP contribution in [0, 0.1) is 13.8 Å². The molecule has 1 unspecified atom stereocenters. The van der Waals surface area contributed by atoms with E-state index >= 15 is 0 Å². The number of piperidine rings is 1. The van der Waals surface area contributed by atoms with Gasteiger partial charge in [-0.1, -0.05) is 0 Å². The molecule has 0 spiro atoms. The Morgan fingerprint density at radius 3 is 2.67 bits per heavy atom. The first-order valence-electron chi connectivity index (χ1n) is 9.27. The summed E-state index contributed by atoms with van der Waals surface area (Å²) in [6, 6.07) is 1.34. The van der Waals surface area contributed by atoms with Gasteiger partial charge in [0.05, 0.1) is 6.54 Å². The number of rotatable bonds is 3. The zero-order chi connectivity index (χ0) is 19.6. The molecule has 1 aromatic rings. The summed E-state index contributed by atoms with van der Waals surface area (Å²) in [5, 5.41) is 0. The third-order valence-electron chi connectivity index (χ3n) is 4.80. The van der Waals surface area contributed by atoms with Crippen LogP contribution in [0.3, 0.4) is 0 Å². The Morgan fingerprint density at radius 1 is 1.19 bits per heavy atom. The second kappa shape index (κ2) is 7.89. The third-order valence-corrected chi connectivity index (χ3v) is 4.80. The lowest BCUT2D eigenvalue weighted by Gasteiger charge is -2.38. The fourth-order valence-corrected chi connectivity index (χ4v) is 3.45. The van der Waals surface area contributed by atoms with Crippen molar-refractivity contribution >= 4 is 17.8 Å². The Bertz CT molecular complexity index is 733. The molecule has 1 atom stereocenters. The summed E-state index contributed by atoms with van der Waals surface area (Å²) in [7, 11) is 0. The van der Waals surface area contributed by atoms with Crippen LogP contribution in [0.2, 0.25) is 0 Å². The van der Waals surface area contributed by atoms with Crippen LogP contribution < -0.4 is 4.74 Å². The van der Waals surface area contributed by atoms with Gasteiger partial charge in [0, 0.05) is 37.9 Å². The number of urea groups is 1. The van der Waals surface area contributed by atoms with E-state index in [2.05, 4.69) is 9.97 Å². The van der Waals surface area contributed by atoms with Gasteiger partial charge in [-0.15, -0.1) is 0 Å². The standard InChI is InChI=1S/C18H25N5O4/c1-4-21-8-9-23(17(25)16(21)24)18(26)22-7-5-6-14(11-22)27-15-10-12(2)19-13(3)20-15/h10,14H,4-9,11H2,1-3H3. The SMILES string of the molecule is CCN1CCN(C(=O)N2CCCC(Oc3cc(C)nc(C)n3)C2)C(=O)C1=O. The quantitative estimate of drug-likeness (QED) is 0.724. The van der Waals surface area contributed by atoms with E-state index in [1.54, 1.807) is 17.9 Å². The molecule has 3 rings (SSSR count). The predicted octanol–water partition coefficient (Wildman–Crippen LogP) is 0.747. The van der Waals surface area contributed by atoms with Crippen LogP contribution in [-0.4, -0.2) is 81.3 Å². The highest BCUT2D eigenvalue weighted by atomic mass is 16.5. The molecule has 2 saturated heterocycles. The Kier molecular flexibility index (Phi) is 5.57. The van der Waals surface area contributed by atoms with E-state index in [-0.39, 0.29) is 12.6 Å². The minimum Gasteiger partial charge on any atom is -0.472 e. The van der Waals surface area contributed by atoms with Gasteiger partial charge in [0.15, 0.2) is 0 Å². The molecule has 0 N–H and O–H groups in total. The summed E-state index contributed by atoms with van der Waals surface area (Å²) >= 11 is 0. The minimum absolute atomic E-state index is 0.209. The molecular weight excluding hydrogens is 350 g/mol. The fraction of sp³-hybridized carbons (Fsp3) is 0.611. The molecule has 0 aliphatic carbocycles. The van der Waals surface area contributed by atoms with Crippen molar-refractivity contribution in [3.63, 3.8) is 0 Å². The zero-order valence-electron chi connectivity index (χ0n) is 16.0. The van der Waals surface area contributed by atoms with Crippen LogP contribution in [0.4, 0.5) is 4.79 Å². The maximum absolute atomic E-state index is 12.8. The van der Waals surface area contributed by atoms with Gasteiger partial charge in [0.2, 0.25) is 5.88 Å². The van der Waals surface area contributed by atoms with Crippen LogP contribution in [0.25, 0.3) is 0 Å². The van der Waals surface area contributed by atoms with Crippen LogP contribution in [0.1, 0.15) is 31.3 Å². The number of likely N-dealkylation sites (tertiary alicyclic amines) is 1. The molecule has 4 amide bonds. The molecule has 9 nitrogen and oxygen atoms in total. The minimum atomic E-state index is -0.752. The Balaban J connectivity index is 1.64. The monoisotopic (exact) mass is 375 g/mol. The summed E-state index contributed by atoms with van der Waals surface area (Å²) in [4.78, 5) is 49.7. The number of nitrogens with zero attached hydrogens (tertiary/aromatic N) is 5. The Morgan fingerprint density at radius 2 is 1.96 bits per heavy atom. The van der Waals surface area contributed by atoms with E-state index in [4.69, 9.17) is 4.74 Å². The summed E-state index contributed by atoms with van der Waals surface area (Å²) in [5.41, 5.74) is 0.819. The molecular formula is C18H25N5O4. The molecule has 0 saturated carbocycles. The number of piperazine rings is 1. The van der Waals surface area contributed by atoms with Gasteiger partial charge in [0.25, 0.3) is 0 Å². The van der Waals surface area contributed by atoms with Crippen LogP contribution in [-0.2, 0) is 9.59 Å². The van der Waals surface area contributed by atoms with Crippen molar-refractivity contribution < 1.29 is 19.1 Å². The molecule has 0 radical (unpaired) electrons. The first-order chi connectivity index (χ1) is 12.9. The summed E-state index contributed by atoms with van der Waals surface area (Å²) in [6.07, 6.45) is 1.35. The van der Waals surface area contributed by atoms with Crippen LogP contribution >= 0.6 is 0 Å². The topological polar surface area (TPSA) is 95.9 Å². The number of carbonyl (C=O) groups excluding carboxylic acids is 3. The lowest BCUT2D eigenvalue weighted by atomic mass is 10.1. The predicted molar refractivity (Wildman–Crippen MR) is 96.1 cm³/mol. The third kappa shape index (κ3) is 4.17. The molecule has 2 aliphatic heterocycles. The number of carbonyl (C=O) groups is 3. The summed E-state index contributed by atoms with van der Waals surface area (Å²) < 4.78 is 5.94. The number of aryl methyl sites for hydroxylation is 2. The second-order valence-electron chi connectivity index (χ2n) is 6.85. The van der Waals surface area contributed by atoms with Crippen LogP contribution in [0.15, 0.2) is 6.07 Å². The van der Waals surface area contributed by atoms with Crippen molar-refractivity contribution in [3.8, 4) is 5.88 Å². The average molecular weight is 375 g/mol. The van der Waals surface area contributed by atoms with Gasteiger partial charge in [-0.3, -0.25) is 14.5 Å². The second-order valence-corrected chi connectivity index (χ2v) is 6.85. The lowest BCUT2D eigenvalue weighted by molar-refractivity contribution is -0.154. The van der Waals surface area contributed by atoms with Crippen molar-refractivity contribution in [2.24, 2.45) is 0 Å². The number of hydrogen-bond acceptors (Lipinski definition) is 6. The molecule has 9 heteroatoms. The van der Waals surface area contributed by atoms with Crippen molar-refractivity contribution in [1.82, 2.24) is 24.7 Å². The molecule has 0 bridgehead atoms. The normalized spacial score (nSPS) is 20.9. The summed E-state index contributed by atoms with van der Waals surface area (Å²) in [5.74, 6) is -0.249. The zero-order valence-corrected chi connectivity index (χ0v) is 16.0. The van der Waals surface area contributed by atoms with Crippen molar-refractivity contribution in [2.45, 2.75) is 39.7 Å². The van der Waals surface area contributed by atoms with Gasteiger partial charge in [-0.05, 0) is 33.6 Å². The van der Waals surface area contributed by atoms with E-state index in [0.29, 0.717) is 37.9 Å². The summed E-state index contributed by atoms with van der Waals surface area (Å²) in [6.45, 7) is 7.44. The van der Waals surface area contributed by atoms with Crippen molar-refractivity contribution in [2.75, 3.05) is 32.7 Å². The number of likely N-dealkylation sites (N-methyl/N-ethyl adjacent to an activating group) is 1. The highest BCUT2D eigenvalue weighted by molar-refractivity contribution is 6.38. The molecule has 2 aliphatic rings. The first kappa shape index (κ1) is 19.1. The van der Waals surface area contributed by atoms with E-state index in [1.807, 2.05) is 13.8 Å². The van der Waals surface area contributed by atoms with Gasteiger partial charge in [0.1, 0.15) is 11.9 Å². The number of amides is 4. The Hall–Kier alpha value is -2.71. The fourth-order valence-electron chi connectivity index (χ4n) is 3.45. The van der Waals surface area contributed by atoms with Crippen molar-refractivity contribution in [3.05, 3.63) is 17.6 Å². The number of aromatic nitrogens is 2. The highest BCUT2D eigenvalue weighted by Crippen LogP contribution is 2.19. The molecule has 1 aromatic heterocycles.